The maximum absolute atomic E-state index is 11.9. The van der Waals surface area contributed by atoms with Crippen LogP contribution >= 0.6 is 0 Å². The van der Waals surface area contributed by atoms with Gasteiger partial charge in [0.2, 0.25) is 0 Å². The fourth-order valence-corrected chi connectivity index (χ4v) is 1.90. The Kier molecular flexibility index (Phi) is 4.90. The van der Waals surface area contributed by atoms with E-state index in [0.29, 0.717) is 12.1 Å². The Balaban J connectivity index is 1.88. The van der Waals surface area contributed by atoms with Crippen molar-refractivity contribution in [3.8, 4) is 11.4 Å². The van der Waals surface area contributed by atoms with Crippen molar-refractivity contribution in [2.45, 2.75) is 6.42 Å². The minimum absolute atomic E-state index is 0.0326. The molecule has 0 aliphatic carbocycles. The minimum Gasteiger partial charge on any atom is -0.352 e. The van der Waals surface area contributed by atoms with Crippen LogP contribution in [0.5, 0.6) is 0 Å². The van der Waals surface area contributed by atoms with E-state index in [2.05, 4.69) is 20.2 Å². The van der Waals surface area contributed by atoms with Crippen LogP contribution in [0.15, 0.2) is 36.7 Å². The van der Waals surface area contributed by atoms with E-state index in [-0.39, 0.29) is 5.91 Å². The van der Waals surface area contributed by atoms with Gasteiger partial charge in [-0.1, -0.05) is 12.1 Å². The Labute approximate surface area is 119 Å². The Bertz CT molecular complexity index is 532. The van der Waals surface area contributed by atoms with E-state index >= 15 is 0 Å². The van der Waals surface area contributed by atoms with Crippen LogP contribution < -0.4 is 5.32 Å². The van der Waals surface area contributed by atoms with Gasteiger partial charge in [0.1, 0.15) is 5.82 Å². The minimum atomic E-state index is -0.0326. The highest BCUT2D eigenvalue weighted by molar-refractivity contribution is 5.94. The van der Waals surface area contributed by atoms with Crippen molar-refractivity contribution in [1.82, 2.24) is 20.2 Å². The summed E-state index contributed by atoms with van der Waals surface area (Å²) >= 11 is 0. The molecule has 2 aromatic rings. The van der Waals surface area contributed by atoms with Gasteiger partial charge in [-0.15, -0.1) is 0 Å². The van der Waals surface area contributed by atoms with Gasteiger partial charge in [-0.25, -0.2) is 4.98 Å². The van der Waals surface area contributed by atoms with Crippen LogP contribution in [0.3, 0.4) is 0 Å². The maximum Gasteiger partial charge on any atom is 0.251 e. The van der Waals surface area contributed by atoms with Crippen molar-refractivity contribution in [1.29, 1.82) is 0 Å². The first-order valence-electron chi connectivity index (χ1n) is 6.69. The first-order chi connectivity index (χ1) is 9.66. The summed E-state index contributed by atoms with van der Waals surface area (Å²) in [5, 5.41) is 2.92. The van der Waals surface area contributed by atoms with Gasteiger partial charge >= 0.3 is 0 Å². The van der Waals surface area contributed by atoms with Crippen LogP contribution in [-0.2, 0) is 0 Å². The number of aromatic amines is 1. The highest BCUT2D eigenvalue weighted by atomic mass is 16.1. The Morgan fingerprint density at radius 2 is 2.05 bits per heavy atom. The lowest BCUT2D eigenvalue weighted by Gasteiger charge is -2.10. The molecule has 1 aromatic carbocycles. The van der Waals surface area contributed by atoms with Gasteiger partial charge in [-0.2, -0.15) is 0 Å². The Hall–Kier alpha value is -2.14. The van der Waals surface area contributed by atoms with Crippen molar-refractivity contribution < 1.29 is 4.79 Å². The van der Waals surface area contributed by atoms with E-state index in [1.54, 1.807) is 12.4 Å². The van der Waals surface area contributed by atoms with Crippen molar-refractivity contribution in [2.75, 3.05) is 27.2 Å². The molecule has 0 radical (unpaired) electrons. The number of amides is 1. The van der Waals surface area contributed by atoms with E-state index in [4.69, 9.17) is 0 Å². The summed E-state index contributed by atoms with van der Waals surface area (Å²) in [6.45, 7) is 1.66. The van der Waals surface area contributed by atoms with E-state index in [1.165, 1.54) is 0 Å². The molecule has 0 bridgehead atoms. The molecule has 1 heterocycles. The number of hydrogen-bond acceptors (Lipinski definition) is 3. The zero-order chi connectivity index (χ0) is 14.4. The Morgan fingerprint density at radius 3 is 2.65 bits per heavy atom. The average molecular weight is 272 g/mol. The maximum atomic E-state index is 11.9. The molecule has 106 valence electrons. The number of H-pyrrole nitrogens is 1. The van der Waals surface area contributed by atoms with Crippen molar-refractivity contribution in [3.05, 3.63) is 42.2 Å². The quantitative estimate of drug-likeness (QED) is 0.788. The van der Waals surface area contributed by atoms with E-state index in [9.17, 15) is 4.79 Å². The van der Waals surface area contributed by atoms with Crippen LogP contribution in [-0.4, -0.2) is 48.0 Å². The lowest BCUT2D eigenvalue weighted by Crippen LogP contribution is -2.27. The summed E-state index contributed by atoms with van der Waals surface area (Å²) in [6.07, 6.45) is 4.44. The second-order valence-electron chi connectivity index (χ2n) is 4.93. The molecule has 0 spiro atoms. The topological polar surface area (TPSA) is 61.0 Å². The largest absolute Gasteiger partial charge is 0.352 e. The van der Waals surface area contributed by atoms with Gasteiger partial charge in [0.05, 0.1) is 0 Å². The molecule has 5 nitrogen and oxygen atoms in total. The normalized spacial score (nSPS) is 10.8. The summed E-state index contributed by atoms with van der Waals surface area (Å²) in [7, 11) is 4.05. The van der Waals surface area contributed by atoms with Crippen LogP contribution in [0, 0.1) is 0 Å². The molecule has 5 heteroatoms. The average Bonchev–Trinajstić information content (AvgIpc) is 2.97. The summed E-state index contributed by atoms with van der Waals surface area (Å²) in [5.41, 5.74) is 1.64. The second kappa shape index (κ2) is 6.86. The number of hydrogen-bond donors (Lipinski definition) is 2. The first-order valence-corrected chi connectivity index (χ1v) is 6.69. The van der Waals surface area contributed by atoms with Gasteiger partial charge in [0, 0.05) is 30.1 Å². The van der Waals surface area contributed by atoms with Gasteiger partial charge in [-0.05, 0) is 39.2 Å². The third-order valence-corrected chi connectivity index (χ3v) is 2.99. The molecular formula is C15H20N4O. The fraction of sp³-hybridized carbons (Fsp3) is 0.333. The van der Waals surface area contributed by atoms with Crippen LogP contribution in [0.25, 0.3) is 11.4 Å². The number of carbonyl (C=O) groups is 1. The standard InChI is InChI=1S/C15H20N4O/c1-19(2)11-3-8-18-15(20)13-6-4-12(5-7-13)14-16-9-10-17-14/h4-7,9-10H,3,8,11H2,1-2H3,(H,16,17)(H,18,20). The molecule has 1 amide bonds. The molecule has 20 heavy (non-hydrogen) atoms. The second-order valence-corrected chi connectivity index (χ2v) is 4.93. The molecule has 0 fully saturated rings. The predicted molar refractivity (Wildman–Crippen MR) is 79.5 cm³/mol. The highest BCUT2D eigenvalue weighted by Gasteiger charge is 2.06. The lowest BCUT2D eigenvalue weighted by molar-refractivity contribution is 0.0952. The fourth-order valence-electron chi connectivity index (χ4n) is 1.90. The van der Waals surface area contributed by atoms with E-state index in [0.717, 1.165) is 24.4 Å². The van der Waals surface area contributed by atoms with Gasteiger partial charge in [-0.3, -0.25) is 4.79 Å². The first kappa shape index (κ1) is 14.3. The number of rotatable bonds is 6. The van der Waals surface area contributed by atoms with Crippen LogP contribution in [0.2, 0.25) is 0 Å². The van der Waals surface area contributed by atoms with E-state index < -0.39 is 0 Å². The molecule has 0 aliphatic heterocycles. The molecule has 0 unspecified atom stereocenters. The molecule has 2 N–H and O–H groups in total. The van der Waals surface area contributed by atoms with Crippen molar-refractivity contribution in [3.63, 3.8) is 0 Å². The smallest absolute Gasteiger partial charge is 0.251 e. The van der Waals surface area contributed by atoms with Gasteiger partial charge in [0.15, 0.2) is 0 Å². The summed E-state index contributed by atoms with van der Waals surface area (Å²) in [6, 6.07) is 7.43. The molecular weight excluding hydrogens is 252 g/mol. The Morgan fingerprint density at radius 1 is 1.30 bits per heavy atom. The molecule has 0 saturated carbocycles. The number of aromatic nitrogens is 2. The number of benzene rings is 1. The van der Waals surface area contributed by atoms with Crippen LogP contribution in [0.1, 0.15) is 16.8 Å². The number of nitrogens with one attached hydrogen (secondary N) is 2. The van der Waals surface area contributed by atoms with Gasteiger partial charge < -0.3 is 15.2 Å². The van der Waals surface area contributed by atoms with E-state index in [1.807, 2.05) is 38.4 Å². The number of nitrogens with zero attached hydrogens (tertiary/aromatic N) is 2. The monoisotopic (exact) mass is 272 g/mol. The molecule has 1 aromatic heterocycles. The van der Waals surface area contributed by atoms with Crippen molar-refractivity contribution >= 4 is 5.91 Å². The zero-order valence-corrected chi connectivity index (χ0v) is 11.9. The van der Waals surface area contributed by atoms with Crippen LogP contribution in [0.4, 0.5) is 0 Å². The van der Waals surface area contributed by atoms with Gasteiger partial charge in [0.25, 0.3) is 5.91 Å². The molecule has 0 atom stereocenters. The zero-order valence-electron chi connectivity index (χ0n) is 11.9. The third kappa shape index (κ3) is 3.93. The molecule has 0 aliphatic rings. The summed E-state index contributed by atoms with van der Waals surface area (Å²) in [4.78, 5) is 21.3. The van der Waals surface area contributed by atoms with Crippen molar-refractivity contribution in [2.24, 2.45) is 0 Å². The highest BCUT2D eigenvalue weighted by Crippen LogP contribution is 2.14. The number of carbonyl (C=O) groups excluding carboxylic acids is 1. The lowest BCUT2D eigenvalue weighted by atomic mass is 10.1. The third-order valence-electron chi connectivity index (χ3n) is 2.99. The predicted octanol–water partition coefficient (Wildman–Crippen LogP) is 1.76. The summed E-state index contributed by atoms with van der Waals surface area (Å²) < 4.78 is 0. The molecule has 2 rings (SSSR count). The molecule has 0 saturated heterocycles. The SMILES string of the molecule is CN(C)CCCNC(=O)c1ccc(-c2ncc[nH]2)cc1. The number of imidazole rings is 1. The summed E-state index contributed by atoms with van der Waals surface area (Å²) in [5.74, 6) is 0.776.